The summed E-state index contributed by atoms with van der Waals surface area (Å²) in [5, 5.41) is 10.4. The van der Waals surface area contributed by atoms with E-state index in [1.54, 1.807) is 18.2 Å². The van der Waals surface area contributed by atoms with Crippen molar-refractivity contribution in [1.82, 2.24) is 0 Å². The zero-order chi connectivity index (χ0) is 18.8. The average Bonchev–Trinajstić information content (AvgIpc) is 2.73. The molecule has 4 rings (SSSR count). The zero-order valence-corrected chi connectivity index (χ0v) is 15.5. The van der Waals surface area contributed by atoms with Gasteiger partial charge in [-0.05, 0) is 65.8 Å². The third kappa shape index (κ3) is 3.57. The molecule has 1 fully saturated rings. The first-order chi connectivity index (χ1) is 13.2. The van der Waals surface area contributed by atoms with Crippen LogP contribution in [0.5, 0.6) is 11.5 Å². The lowest BCUT2D eigenvalue weighted by Gasteiger charge is -2.24. The first-order valence-corrected chi connectivity index (χ1v) is 9.55. The predicted octanol–water partition coefficient (Wildman–Crippen LogP) is 5.16. The second-order valence-corrected chi connectivity index (χ2v) is 7.31. The number of carbonyl (C=O) groups excluding carboxylic acids is 1. The highest BCUT2D eigenvalue weighted by Gasteiger charge is 2.21. The van der Waals surface area contributed by atoms with Gasteiger partial charge in [-0.2, -0.15) is 0 Å². The van der Waals surface area contributed by atoms with Crippen LogP contribution in [0.15, 0.2) is 36.4 Å². The lowest BCUT2D eigenvalue weighted by atomic mass is 9.82. The molecule has 2 aromatic carbocycles. The maximum absolute atomic E-state index is 11.7. The van der Waals surface area contributed by atoms with Gasteiger partial charge in [0.05, 0.1) is 12.7 Å². The normalized spacial score (nSPS) is 16.9. The Balaban J connectivity index is 1.64. The molecule has 1 aliphatic carbocycles. The highest BCUT2D eigenvalue weighted by atomic mass is 16.5. The van der Waals surface area contributed by atoms with Crippen LogP contribution in [-0.4, -0.2) is 24.8 Å². The molecule has 27 heavy (non-hydrogen) atoms. The molecule has 1 aliphatic heterocycles. The number of fused-ring (bicyclic) bond motifs is 1. The van der Waals surface area contributed by atoms with Crippen molar-refractivity contribution in [2.24, 2.45) is 0 Å². The Labute approximate surface area is 159 Å². The number of carbonyl (C=O) groups is 1. The molecule has 4 heteroatoms. The van der Waals surface area contributed by atoms with E-state index in [1.165, 1.54) is 26.4 Å². The van der Waals surface area contributed by atoms with Crippen LogP contribution in [0.2, 0.25) is 0 Å². The van der Waals surface area contributed by atoms with Crippen molar-refractivity contribution in [3.63, 3.8) is 0 Å². The summed E-state index contributed by atoms with van der Waals surface area (Å²) in [5.74, 6) is 1.16. The summed E-state index contributed by atoms with van der Waals surface area (Å²) in [4.78, 5) is 11.7. The molecule has 0 spiro atoms. The molecule has 0 unspecified atom stereocenters. The van der Waals surface area contributed by atoms with Gasteiger partial charge >= 0.3 is 5.97 Å². The number of methoxy groups -OCH3 is 1. The molecule has 1 saturated carbocycles. The fourth-order valence-electron chi connectivity index (χ4n) is 4.07. The number of hydrogen-bond acceptors (Lipinski definition) is 4. The fraction of sp³-hybridized carbons (Fsp3) is 0.348. The molecule has 0 amide bonds. The van der Waals surface area contributed by atoms with Gasteiger partial charge in [0.1, 0.15) is 18.1 Å². The van der Waals surface area contributed by atoms with E-state index < -0.39 is 0 Å². The molecule has 4 nitrogen and oxygen atoms in total. The smallest absolute Gasteiger partial charge is 0.337 e. The Hall–Kier alpha value is -2.75. The number of benzene rings is 2. The fourth-order valence-corrected chi connectivity index (χ4v) is 4.07. The van der Waals surface area contributed by atoms with E-state index in [9.17, 15) is 9.90 Å². The number of rotatable bonds is 3. The second kappa shape index (κ2) is 7.47. The largest absolute Gasteiger partial charge is 0.508 e. The number of esters is 1. The van der Waals surface area contributed by atoms with Gasteiger partial charge in [0.15, 0.2) is 0 Å². The van der Waals surface area contributed by atoms with E-state index in [0.717, 1.165) is 35.1 Å². The highest BCUT2D eigenvalue weighted by Crippen LogP contribution is 2.39. The van der Waals surface area contributed by atoms with E-state index >= 15 is 0 Å². The van der Waals surface area contributed by atoms with Crippen molar-refractivity contribution >= 4 is 17.6 Å². The van der Waals surface area contributed by atoms with Gasteiger partial charge in [-0.3, -0.25) is 0 Å². The maximum atomic E-state index is 11.7. The number of phenolic OH excluding ortho intramolecular Hbond substituents is 1. The summed E-state index contributed by atoms with van der Waals surface area (Å²) in [6.07, 6.45) is 8.14. The van der Waals surface area contributed by atoms with Crippen molar-refractivity contribution in [1.29, 1.82) is 0 Å². The topological polar surface area (TPSA) is 55.8 Å². The van der Waals surface area contributed by atoms with Crippen LogP contribution < -0.4 is 4.74 Å². The van der Waals surface area contributed by atoms with Crippen LogP contribution in [0.1, 0.15) is 65.1 Å². The molecule has 2 aliphatic rings. The molecule has 1 heterocycles. The molecule has 1 N–H and O–H groups in total. The molecule has 0 atom stereocenters. The summed E-state index contributed by atoms with van der Waals surface area (Å²) in [5.41, 5.74) is 4.63. The molecule has 0 bridgehead atoms. The maximum Gasteiger partial charge on any atom is 0.337 e. The van der Waals surface area contributed by atoms with Gasteiger partial charge in [-0.1, -0.05) is 31.4 Å². The van der Waals surface area contributed by atoms with E-state index in [-0.39, 0.29) is 5.97 Å². The van der Waals surface area contributed by atoms with Crippen LogP contribution in [0.3, 0.4) is 0 Å². The van der Waals surface area contributed by atoms with Crippen molar-refractivity contribution in [3.05, 3.63) is 58.7 Å². The average molecular weight is 364 g/mol. The van der Waals surface area contributed by atoms with Crippen LogP contribution in [-0.2, 0) is 4.74 Å². The van der Waals surface area contributed by atoms with E-state index in [2.05, 4.69) is 12.1 Å². The lowest BCUT2D eigenvalue weighted by Crippen LogP contribution is -2.10. The lowest BCUT2D eigenvalue weighted by molar-refractivity contribution is 0.0600. The third-order valence-corrected chi connectivity index (χ3v) is 5.59. The van der Waals surface area contributed by atoms with Crippen LogP contribution >= 0.6 is 0 Å². The summed E-state index contributed by atoms with van der Waals surface area (Å²) < 4.78 is 10.7. The quantitative estimate of drug-likeness (QED) is 0.765. The van der Waals surface area contributed by atoms with Crippen LogP contribution in [0, 0.1) is 0 Å². The first kappa shape index (κ1) is 17.7. The molecule has 0 saturated heterocycles. The SMILES string of the molecule is COC(=O)c1ccc2c(c1)OCC(c1ccc(O)c(C3CCCCC3)c1)=C2. The Bertz CT molecular complexity index is 891. The van der Waals surface area contributed by atoms with E-state index in [1.807, 2.05) is 12.1 Å². The predicted molar refractivity (Wildman–Crippen MR) is 105 cm³/mol. The van der Waals surface area contributed by atoms with Gasteiger partial charge in [-0.15, -0.1) is 0 Å². The number of aromatic hydroxyl groups is 1. The highest BCUT2D eigenvalue weighted by molar-refractivity contribution is 5.92. The molecular weight excluding hydrogens is 340 g/mol. The van der Waals surface area contributed by atoms with Crippen molar-refractivity contribution in [2.75, 3.05) is 13.7 Å². The molecule has 140 valence electrons. The molecule has 2 aromatic rings. The third-order valence-electron chi connectivity index (χ3n) is 5.59. The zero-order valence-electron chi connectivity index (χ0n) is 15.5. The summed E-state index contributed by atoms with van der Waals surface area (Å²) in [6.45, 7) is 0.437. The minimum absolute atomic E-state index is 0.369. The van der Waals surface area contributed by atoms with Gasteiger partial charge in [0.25, 0.3) is 0 Å². The Kier molecular flexibility index (Phi) is 4.88. The number of ether oxygens (including phenoxy) is 2. The summed E-state index contributed by atoms with van der Waals surface area (Å²) >= 11 is 0. The summed E-state index contributed by atoms with van der Waals surface area (Å²) in [6, 6.07) is 11.2. The minimum atomic E-state index is -0.369. The van der Waals surface area contributed by atoms with Crippen LogP contribution in [0.25, 0.3) is 11.6 Å². The van der Waals surface area contributed by atoms with E-state index in [4.69, 9.17) is 9.47 Å². The van der Waals surface area contributed by atoms with Crippen molar-refractivity contribution in [3.8, 4) is 11.5 Å². The second-order valence-electron chi connectivity index (χ2n) is 7.31. The van der Waals surface area contributed by atoms with Crippen molar-refractivity contribution < 1.29 is 19.4 Å². The molecule has 0 radical (unpaired) electrons. The van der Waals surface area contributed by atoms with Gasteiger partial charge in [0.2, 0.25) is 0 Å². The standard InChI is InChI=1S/C23H24O4/c1-26-23(25)18-8-7-17-11-19(14-27-22(17)13-18)16-9-10-21(24)20(12-16)15-5-3-2-4-6-15/h7-13,15,24H,2-6,14H2,1H3. The monoisotopic (exact) mass is 364 g/mol. The Morgan fingerprint density at radius 2 is 1.93 bits per heavy atom. The van der Waals surface area contributed by atoms with Crippen LogP contribution in [0.4, 0.5) is 0 Å². The van der Waals surface area contributed by atoms with Gasteiger partial charge < -0.3 is 14.6 Å². The number of hydrogen-bond donors (Lipinski definition) is 1. The van der Waals surface area contributed by atoms with Gasteiger partial charge in [-0.25, -0.2) is 4.79 Å². The Morgan fingerprint density at radius 3 is 2.70 bits per heavy atom. The minimum Gasteiger partial charge on any atom is -0.508 e. The Morgan fingerprint density at radius 1 is 1.11 bits per heavy atom. The number of phenols is 1. The van der Waals surface area contributed by atoms with Gasteiger partial charge in [0, 0.05) is 5.56 Å². The molecular formula is C23H24O4. The van der Waals surface area contributed by atoms with Crippen molar-refractivity contribution in [2.45, 2.75) is 38.0 Å². The molecule has 0 aromatic heterocycles. The van der Waals surface area contributed by atoms with E-state index in [0.29, 0.717) is 29.6 Å². The summed E-state index contributed by atoms with van der Waals surface area (Å²) in [7, 11) is 1.37. The first-order valence-electron chi connectivity index (χ1n) is 9.55.